The number of hydrogen-bond donors (Lipinski definition) is 0. The molecule has 0 spiro atoms. The number of benzene rings is 6. The van der Waals surface area contributed by atoms with Crippen molar-refractivity contribution >= 4 is 78.2 Å². The molecule has 0 fully saturated rings. The fourth-order valence-corrected chi connectivity index (χ4v) is 5.05. The first-order valence-corrected chi connectivity index (χ1v) is 10.5. The monoisotopic (exact) mass is 396 g/mol. The van der Waals surface area contributed by atoms with Crippen LogP contribution >= 0.6 is 0 Å². The number of rotatable bonds is 2. The third kappa shape index (κ3) is 2.39. The molecule has 0 aromatic heterocycles. The Morgan fingerprint density at radius 1 is 0.548 bits per heavy atom. The zero-order valence-corrected chi connectivity index (χ0v) is 17.3. The van der Waals surface area contributed by atoms with Gasteiger partial charge in [-0.15, -0.1) is 0 Å². The predicted molar refractivity (Wildman–Crippen MR) is 137 cm³/mol. The molecule has 2 nitrogen and oxygen atoms in total. The van der Waals surface area contributed by atoms with Crippen molar-refractivity contribution in [1.29, 1.82) is 0 Å². The lowest BCUT2D eigenvalue weighted by atomic mass is 9.88. The van der Waals surface area contributed by atoms with Crippen LogP contribution in [0.3, 0.4) is 0 Å². The first-order chi connectivity index (χ1) is 15.3. The molecule has 2 heteroatoms. The molecule has 0 aliphatic rings. The SMILES string of the molecule is C=Nc1c(/N=C\C)c2c3ccccc3c3ccccc3c2c2ccc3ccccc3c12. The van der Waals surface area contributed by atoms with Crippen LogP contribution in [0.4, 0.5) is 11.4 Å². The average Bonchev–Trinajstić information content (AvgIpc) is 2.83. The highest BCUT2D eigenvalue weighted by Gasteiger charge is 2.20. The molecule has 0 radical (unpaired) electrons. The van der Waals surface area contributed by atoms with Crippen molar-refractivity contribution in [3.63, 3.8) is 0 Å². The molecule has 0 N–H and O–H groups in total. The van der Waals surface area contributed by atoms with Crippen molar-refractivity contribution in [3.8, 4) is 0 Å². The number of fused-ring (bicyclic) bond motifs is 10. The summed E-state index contributed by atoms with van der Waals surface area (Å²) in [5.41, 5.74) is 1.73. The van der Waals surface area contributed by atoms with E-state index in [1.165, 1.54) is 43.1 Å². The van der Waals surface area contributed by atoms with E-state index in [4.69, 9.17) is 4.99 Å². The minimum absolute atomic E-state index is 0.845. The predicted octanol–water partition coefficient (Wildman–Crippen LogP) is 8.51. The van der Waals surface area contributed by atoms with Gasteiger partial charge in [-0.1, -0.05) is 84.9 Å². The van der Waals surface area contributed by atoms with Gasteiger partial charge in [0, 0.05) is 22.4 Å². The van der Waals surface area contributed by atoms with E-state index in [1.807, 2.05) is 13.1 Å². The third-order valence-electron chi connectivity index (χ3n) is 6.25. The van der Waals surface area contributed by atoms with Crippen LogP contribution in [0.1, 0.15) is 6.92 Å². The number of hydrogen-bond acceptors (Lipinski definition) is 2. The molecule has 0 saturated carbocycles. The zero-order valence-electron chi connectivity index (χ0n) is 17.3. The molecule has 0 aliphatic heterocycles. The molecule has 0 heterocycles. The summed E-state index contributed by atoms with van der Waals surface area (Å²) in [6.45, 7) is 5.91. The topological polar surface area (TPSA) is 24.7 Å². The zero-order chi connectivity index (χ0) is 20.9. The molecular weight excluding hydrogens is 376 g/mol. The standard InChI is InChI=1S/C29H20N2/c1-3-31-29-27-23-15-9-7-13-21(23)20-12-6-8-14-22(20)25(27)24-17-16-18-10-4-5-11-19(18)26(24)28(29)30-2/h3-17H,2H2,1H3/b31-3-. The molecule has 146 valence electrons. The van der Waals surface area contributed by atoms with Gasteiger partial charge in [0.05, 0.1) is 11.4 Å². The highest BCUT2D eigenvalue weighted by atomic mass is 14.8. The van der Waals surface area contributed by atoms with Crippen LogP contribution in [-0.2, 0) is 0 Å². The summed E-state index contributed by atoms with van der Waals surface area (Å²) in [6, 6.07) is 30.2. The Morgan fingerprint density at radius 2 is 1.13 bits per heavy atom. The van der Waals surface area contributed by atoms with Crippen molar-refractivity contribution in [2.24, 2.45) is 9.98 Å². The van der Waals surface area contributed by atoms with E-state index in [2.05, 4.69) is 96.6 Å². The quantitative estimate of drug-likeness (QED) is 0.207. The van der Waals surface area contributed by atoms with Gasteiger partial charge in [0.25, 0.3) is 0 Å². The van der Waals surface area contributed by atoms with Gasteiger partial charge < -0.3 is 0 Å². The fourth-order valence-electron chi connectivity index (χ4n) is 5.05. The number of nitrogens with zero attached hydrogens (tertiary/aromatic N) is 2. The van der Waals surface area contributed by atoms with Crippen LogP contribution in [0, 0.1) is 0 Å². The van der Waals surface area contributed by atoms with Crippen LogP contribution in [0.25, 0.3) is 53.9 Å². The molecule has 31 heavy (non-hydrogen) atoms. The summed E-state index contributed by atoms with van der Waals surface area (Å²) in [4.78, 5) is 9.40. The average molecular weight is 396 g/mol. The van der Waals surface area contributed by atoms with Gasteiger partial charge in [-0.05, 0) is 51.3 Å². The third-order valence-corrected chi connectivity index (χ3v) is 6.25. The van der Waals surface area contributed by atoms with E-state index in [0.29, 0.717) is 0 Å². The molecule has 0 bridgehead atoms. The second kappa shape index (κ2) is 6.75. The van der Waals surface area contributed by atoms with Gasteiger partial charge in [-0.3, -0.25) is 9.98 Å². The molecule has 0 saturated heterocycles. The van der Waals surface area contributed by atoms with Crippen molar-refractivity contribution in [2.75, 3.05) is 0 Å². The van der Waals surface area contributed by atoms with Crippen molar-refractivity contribution in [2.45, 2.75) is 6.92 Å². The highest BCUT2D eigenvalue weighted by molar-refractivity contribution is 6.38. The lowest BCUT2D eigenvalue weighted by molar-refractivity contribution is 1.53. The van der Waals surface area contributed by atoms with E-state index in [9.17, 15) is 0 Å². The van der Waals surface area contributed by atoms with Crippen molar-refractivity contribution in [3.05, 3.63) is 84.9 Å². The first-order valence-electron chi connectivity index (χ1n) is 10.5. The lowest BCUT2D eigenvalue weighted by Gasteiger charge is -2.18. The summed E-state index contributed by atoms with van der Waals surface area (Å²) in [7, 11) is 0. The summed E-state index contributed by atoms with van der Waals surface area (Å²) in [5, 5.41) is 11.9. The maximum absolute atomic E-state index is 4.86. The summed E-state index contributed by atoms with van der Waals surface area (Å²) < 4.78 is 0. The fraction of sp³-hybridized carbons (Fsp3) is 0.0345. The van der Waals surface area contributed by atoms with Gasteiger partial charge in [0.1, 0.15) is 0 Å². The van der Waals surface area contributed by atoms with Crippen LogP contribution < -0.4 is 0 Å². The largest absolute Gasteiger partial charge is 0.262 e. The van der Waals surface area contributed by atoms with E-state index < -0.39 is 0 Å². The van der Waals surface area contributed by atoms with Crippen LogP contribution in [0.2, 0.25) is 0 Å². The maximum atomic E-state index is 4.86. The smallest absolute Gasteiger partial charge is 0.0973 e. The molecule has 0 amide bonds. The second-order valence-corrected chi connectivity index (χ2v) is 7.79. The Balaban J connectivity index is 2.08. The Morgan fingerprint density at radius 3 is 1.77 bits per heavy atom. The van der Waals surface area contributed by atoms with E-state index in [0.717, 1.165) is 22.1 Å². The van der Waals surface area contributed by atoms with Gasteiger partial charge in [-0.25, -0.2) is 0 Å². The van der Waals surface area contributed by atoms with Crippen LogP contribution in [0.5, 0.6) is 0 Å². The van der Waals surface area contributed by atoms with Gasteiger partial charge in [0.2, 0.25) is 0 Å². The molecule has 6 aromatic rings. The van der Waals surface area contributed by atoms with E-state index >= 15 is 0 Å². The Kier molecular flexibility index (Phi) is 3.87. The van der Waals surface area contributed by atoms with Gasteiger partial charge in [0.15, 0.2) is 0 Å². The first kappa shape index (κ1) is 17.8. The Hall–Kier alpha value is -4.04. The highest BCUT2D eigenvalue weighted by Crippen LogP contribution is 2.50. The van der Waals surface area contributed by atoms with Gasteiger partial charge >= 0.3 is 0 Å². The minimum atomic E-state index is 0.845. The maximum Gasteiger partial charge on any atom is 0.0973 e. The summed E-state index contributed by atoms with van der Waals surface area (Å²) >= 11 is 0. The van der Waals surface area contributed by atoms with Gasteiger partial charge in [-0.2, -0.15) is 0 Å². The lowest BCUT2D eigenvalue weighted by Crippen LogP contribution is -1.88. The van der Waals surface area contributed by atoms with Crippen LogP contribution in [-0.4, -0.2) is 12.9 Å². The molecule has 0 unspecified atom stereocenters. The normalized spacial score (nSPS) is 12.0. The van der Waals surface area contributed by atoms with E-state index in [-0.39, 0.29) is 0 Å². The number of aliphatic imine (C=N–C) groups is 2. The molecular formula is C29H20N2. The van der Waals surface area contributed by atoms with Crippen LogP contribution in [0.15, 0.2) is 94.9 Å². The molecule has 6 aromatic carbocycles. The molecule has 0 aliphatic carbocycles. The Labute approximate surface area is 180 Å². The molecule has 0 atom stereocenters. The molecule has 6 rings (SSSR count). The summed E-state index contributed by atoms with van der Waals surface area (Å²) in [5.74, 6) is 0. The van der Waals surface area contributed by atoms with E-state index in [1.54, 1.807) is 0 Å². The second-order valence-electron chi connectivity index (χ2n) is 7.79. The van der Waals surface area contributed by atoms with Crippen molar-refractivity contribution in [1.82, 2.24) is 0 Å². The Bertz CT molecular complexity index is 1710. The minimum Gasteiger partial charge on any atom is -0.262 e. The summed E-state index contributed by atoms with van der Waals surface area (Å²) in [6.07, 6.45) is 1.85. The van der Waals surface area contributed by atoms with Crippen molar-refractivity contribution < 1.29 is 0 Å².